The molecule has 7 nitrogen and oxygen atoms in total. The normalized spacial score (nSPS) is 12.3. The van der Waals surface area contributed by atoms with Crippen molar-refractivity contribution in [3.8, 4) is 0 Å². The lowest BCUT2D eigenvalue weighted by Gasteiger charge is -2.19. The van der Waals surface area contributed by atoms with Crippen molar-refractivity contribution in [1.29, 1.82) is 0 Å². The van der Waals surface area contributed by atoms with E-state index in [1.54, 1.807) is 0 Å². The van der Waals surface area contributed by atoms with Crippen molar-refractivity contribution in [2.75, 3.05) is 12.9 Å². The van der Waals surface area contributed by atoms with Crippen molar-refractivity contribution >= 4 is 29.7 Å². The number of esters is 1. The molecule has 0 aliphatic heterocycles. The second-order valence-electron chi connectivity index (χ2n) is 6.51. The van der Waals surface area contributed by atoms with Gasteiger partial charge >= 0.3 is 12.1 Å². The minimum atomic E-state index is -0.875. The summed E-state index contributed by atoms with van der Waals surface area (Å²) in [6, 6.07) is 17.3. The van der Waals surface area contributed by atoms with E-state index in [0.29, 0.717) is 11.5 Å². The molecule has 0 aromatic heterocycles. The van der Waals surface area contributed by atoms with Crippen LogP contribution < -0.4 is 10.6 Å². The fourth-order valence-corrected chi connectivity index (χ4v) is 3.48. The molecule has 0 bridgehead atoms. The highest BCUT2D eigenvalue weighted by Crippen LogP contribution is 2.13. The van der Waals surface area contributed by atoms with Crippen molar-refractivity contribution in [2.24, 2.45) is 0 Å². The fourth-order valence-electron chi connectivity index (χ4n) is 2.48. The second kappa shape index (κ2) is 12.5. The van der Waals surface area contributed by atoms with Crippen LogP contribution >= 0.6 is 11.8 Å². The molecule has 0 radical (unpaired) electrons. The van der Waals surface area contributed by atoms with Crippen LogP contribution in [0.5, 0.6) is 0 Å². The van der Waals surface area contributed by atoms with Gasteiger partial charge in [-0.1, -0.05) is 60.7 Å². The molecule has 0 aliphatic carbocycles. The number of nitrogens with one attached hydrogen (secondary N) is 2. The molecule has 0 fully saturated rings. The number of ether oxygens (including phenoxy) is 2. The Kier molecular flexibility index (Phi) is 9.73. The molecule has 2 rings (SSSR count). The first kappa shape index (κ1) is 23.3. The maximum absolute atomic E-state index is 12.4. The summed E-state index contributed by atoms with van der Waals surface area (Å²) in [5, 5.41) is 5.09. The number of amides is 2. The number of alkyl carbamates (subject to hydrolysis) is 1. The number of carbonyl (C=O) groups excluding carboxylic acids is 3. The highest BCUT2D eigenvalue weighted by molar-refractivity contribution is 7.98. The van der Waals surface area contributed by atoms with E-state index in [1.807, 2.05) is 60.7 Å². The monoisotopic (exact) mass is 430 g/mol. The van der Waals surface area contributed by atoms with Gasteiger partial charge in [0.1, 0.15) is 18.7 Å². The van der Waals surface area contributed by atoms with E-state index < -0.39 is 30.1 Å². The predicted octanol–water partition coefficient (Wildman–Crippen LogP) is 2.89. The molecule has 0 heterocycles. The molecular weight excluding hydrogens is 404 g/mol. The van der Waals surface area contributed by atoms with E-state index in [-0.39, 0.29) is 6.61 Å². The quantitative estimate of drug-likeness (QED) is 0.563. The Morgan fingerprint density at radius 1 is 0.933 bits per heavy atom. The van der Waals surface area contributed by atoms with Crippen molar-refractivity contribution in [2.45, 2.75) is 31.4 Å². The number of carbonyl (C=O) groups is 3. The van der Waals surface area contributed by atoms with Gasteiger partial charge in [0.2, 0.25) is 5.91 Å². The van der Waals surface area contributed by atoms with E-state index in [9.17, 15) is 14.4 Å². The van der Waals surface area contributed by atoms with Gasteiger partial charge in [-0.25, -0.2) is 9.59 Å². The summed E-state index contributed by atoms with van der Waals surface area (Å²) in [6.07, 6.45) is -0.713. The van der Waals surface area contributed by atoms with Crippen LogP contribution in [0.4, 0.5) is 4.79 Å². The Bertz CT molecular complexity index is 817. The summed E-state index contributed by atoms with van der Waals surface area (Å²) in [5.41, 5.74) is 1.96. The van der Waals surface area contributed by atoms with E-state index in [4.69, 9.17) is 9.47 Å². The van der Waals surface area contributed by atoms with Crippen LogP contribution in [0.15, 0.2) is 60.7 Å². The van der Waals surface area contributed by atoms with Crippen LogP contribution in [-0.2, 0) is 31.4 Å². The molecule has 2 aromatic rings. The van der Waals surface area contributed by atoms with Crippen LogP contribution in [-0.4, -0.2) is 42.9 Å². The first-order valence-corrected chi connectivity index (χ1v) is 10.6. The summed E-state index contributed by atoms with van der Waals surface area (Å²) in [4.78, 5) is 36.4. The van der Waals surface area contributed by atoms with Crippen molar-refractivity contribution in [1.82, 2.24) is 10.6 Å². The molecule has 2 amide bonds. The summed E-state index contributed by atoms with van der Waals surface area (Å²) in [6.45, 7) is 1.62. The lowest BCUT2D eigenvalue weighted by atomic mass is 10.2. The van der Waals surface area contributed by atoms with Gasteiger partial charge in [0.15, 0.2) is 0 Å². The van der Waals surface area contributed by atoms with Gasteiger partial charge < -0.3 is 20.1 Å². The predicted molar refractivity (Wildman–Crippen MR) is 116 cm³/mol. The Hall–Kier alpha value is -3.00. The Labute approximate surface area is 180 Å². The van der Waals surface area contributed by atoms with Crippen molar-refractivity contribution in [3.63, 3.8) is 0 Å². The molecule has 0 aliphatic rings. The molecular formula is C22H26N2O5S. The highest BCUT2D eigenvalue weighted by Gasteiger charge is 2.25. The van der Waals surface area contributed by atoms with Crippen molar-refractivity contribution in [3.05, 3.63) is 71.8 Å². The van der Waals surface area contributed by atoms with Crippen molar-refractivity contribution < 1.29 is 23.9 Å². The first-order valence-electron chi connectivity index (χ1n) is 9.46. The van der Waals surface area contributed by atoms with Crippen LogP contribution in [0.25, 0.3) is 0 Å². The minimum absolute atomic E-state index is 0.0991. The van der Waals surface area contributed by atoms with Crippen LogP contribution in [0.1, 0.15) is 18.1 Å². The van der Waals surface area contributed by atoms with Gasteiger partial charge in [0.05, 0.1) is 7.11 Å². The van der Waals surface area contributed by atoms with Crippen LogP contribution in [0.3, 0.4) is 0 Å². The van der Waals surface area contributed by atoms with Gasteiger partial charge in [-0.2, -0.15) is 11.8 Å². The van der Waals surface area contributed by atoms with Gasteiger partial charge in [-0.15, -0.1) is 0 Å². The maximum Gasteiger partial charge on any atom is 0.408 e. The fraction of sp³-hybridized carbons (Fsp3) is 0.318. The number of methoxy groups -OCH3 is 1. The summed E-state index contributed by atoms with van der Waals surface area (Å²) in [7, 11) is 1.27. The Balaban J connectivity index is 1.79. The second-order valence-corrected chi connectivity index (χ2v) is 7.54. The summed E-state index contributed by atoms with van der Waals surface area (Å²) < 4.78 is 9.90. The molecule has 8 heteroatoms. The number of hydrogen-bond donors (Lipinski definition) is 2. The zero-order chi connectivity index (χ0) is 21.8. The summed E-state index contributed by atoms with van der Waals surface area (Å²) >= 11 is 1.50. The third-order valence-corrected chi connectivity index (χ3v) is 5.25. The Morgan fingerprint density at radius 2 is 1.53 bits per heavy atom. The van der Waals surface area contributed by atoms with E-state index in [2.05, 4.69) is 10.6 Å². The third kappa shape index (κ3) is 8.16. The number of rotatable bonds is 10. The first-order chi connectivity index (χ1) is 14.5. The molecule has 0 spiro atoms. The lowest BCUT2D eigenvalue weighted by molar-refractivity contribution is -0.144. The average molecular weight is 431 g/mol. The van der Waals surface area contributed by atoms with E-state index in [0.717, 1.165) is 11.1 Å². The maximum atomic E-state index is 12.4. The van der Waals surface area contributed by atoms with Crippen LogP contribution in [0, 0.1) is 0 Å². The average Bonchev–Trinajstić information content (AvgIpc) is 2.77. The van der Waals surface area contributed by atoms with Gasteiger partial charge in [-0.3, -0.25) is 4.79 Å². The number of hydrogen-bond acceptors (Lipinski definition) is 6. The molecule has 30 heavy (non-hydrogen) atoms. The molecule has 160 valence electrons. The standard InChI is InChI=1S/C22H26N2O5S/c1-16(23-22(27)29-13-17-9-5-3-6-10-17)20(25)24-19(21(26)28-2)15-30-14-18-11-7-4-8-12-18/h3-12,16,19H,13-15H2,1-2H3,(H,23,27)(H,24,25)/t16-,19+/m0/s1. The molecule has 2 atom stereocenters. The van der Waals surface area contributed by atoms with Crippen LogP contribution in [0.2, 0.25) is 0 Å². The zero-order valence-corrected chi connectivity index (χ0v) is 17.8. The third-order valence-electron chi connectivity index (χ3n) is 4.14. The highest BCUT2D eigenvalue weighted by atomic mass is 32.2. The lowest BCUT2D eigenvalue weighted by Crippen LogP contribution is -2.51. The molecule has 0 saturated carbocycles. The topological polar surface area (TPSA) is 93.7 Å². The molecule has 0 saturated heterocycles. The zero-order valence-electron chi connectivity index (χ0n) is 17.0. The van der Waals surface area contributed by atoms with Gasteiger partial charge in [0, 0.05) is 11.5 Å². The van der Waals surface area contributed by atoms with E-state index in [1.165, 1.54) is 25.8 Å². The van der Waals surface area contributed by atoms with E-state index >= 15 is 0 Å². The molecule has 0 unspecified atom stereocenters. The smallest absolute Gasteiger partial charge is 0.408 e. The minimum Gasteiger partial charge on any atom is -0.467 e. The number of thioether (sulfide) groups is 1. The Morgan fingerprint density at radius 3 is 2.13 bits per heavy atom. The van der Waals surface area contributed by atoms with Gasteiger partial charge in [0.25, 0.3) is 0 Å². The largest absolute Gasteiger partial charge is 0.467 e. The van der Waals surface area contributed by atoms with Gasteiger partial charge in [-0.05, 0) is 18.1 Å². The number of benzene rings is 2. The summed E-state index contributed by atoms with van der Waals surface area (Å²) in [5.74, 6) is 0.00704. The molecule has 2 N–H and O–H groups in total. The molecule has 2 aromatic carbocycles. The SMILES string of the molecule is COC(=O)[C@@H](CSCc1ccccc1)NC(=O)[C@H](C)NC(=O)OCc1ccccc1.